The van der Waals surface area contributed by atoms with E-state index in [1.54, 1.807) is 7.05 Å². The van der Waals surface area contributed by atoms with E-state index in [9.17, 15) is 13.2 Å². The Hall–Kier alpha value is -1.31. The summed E-state index contributed by atoms with van der Waals surface area (Å²) in [6, 6.07) is -0.224. The molecule has 3 fully saturated rings. The molecular weight excluding hydrogens is 340 g/mol. The smallest absolute Gasteiger partial charge is 0.222 e. The lowest BCUT2D eigenvalue weighted by atomic mass is 9.82. The molecule has 2 aliphatic heterocycles. The van der Waals surface area contributed by atoms with Crippen molar-refractivity contribution in [2.45, 2.75) is 44.6 Å². The van der Waals surface area contributed by atoms with Crippen molar-refractivity contribution >= 4 is 21.7 Å². The molecule has 0 spiro atoms. The van der Waals surface area contributed by atoms with Crippen LogP contribution in [-0.4, -0.2) is 69.4 Å². The first-order valence-corrected chi connectivity index (χ1v) is 11.2. The monoisotopic (exact) mass is 370 g/mol. The van der Waals surface area contributed by atoms with Crippen molar-refractivity contribution in [1.82, 2.24) is 15.5 Å². The van der Waals surface area contributed by atoms with Crippen LogP contribution in [0, 0.1) is 11.8 Å². The molecule has 7 nitrogen and oxygen atoms in total. The quantitative estimate of drug-likeness (QED) is 0.551. The summed E-state index contributed by atoms with van der Waals surface area (Å²) in [5.41, 5.74) is 0. The molecule has 0 aromatic rings. The van der Waals surface area contributed by atoms with Gasteiger partial charge in [0.25, 0.3) is 0 Å². The number of amides is 1. The van der Waals surface area contributed by atoms with E-state index in [-0.39, 0.29) is 23.5 Å². The maximum absolute atomic E-state index is 12.0. The number of hydrogen-bond donors (Lipinski definition) is 2. The highest BCUT2D eigenvalue weighted by molar-refractivity contribution is 7.91. The third-order valence-corrected chi connectivity index (χ3v) is 7.49. The molecule has 0 aromatic carbocycles. The second-order valence-corrected chi connectivity index (χ2v) is 9.83. The van der Waals surface area contributed by atoms with Crippen molar-refractivity contribution in [3.05, 3.63) is 0 Å². The van der Waals surface area contributed by atoms with Gasteiger partial charge in [-0.15, -0.1) is 0 Å². The zero-order valence-electron chi connectivity index (χ0n) is 15.0. The van der Waals surface area contributed by atoms with E-state index < -0.39 is 9.84 Å². The van der Waals surface area contributed by atoms with Crippen molar-refractivity contribution in [2.75, 3.05) is 38.2 Å². The lowest BCUT2D eigenvalue weighted by Gasteiger charge is -2.22. The van der Waals surface area contributed by atoms with Crippen molar-refractivity contribution in [1.29, 1.82) is 0 Å². The first-order chi connectivity index (χ1) is 12.0. The van der Waals surface area contributed by atoms with Crippen LogP contribution in [0.25, 0.3) is 0 Å². The van der Waals surface area contributed by atoms with Gasteiger partial charge in [0.1, 0.15) is 0 Å². The molecule has 0 aromatic heterocycles. The van der Waals surface area contributed by atoms with Gasteiger partial charge in [-0.1, -0.05) is 12.8 Å². The highest BCUT2D eigenvalue weighted by Gasteiger charge is 2.35. The number of carbonyl (C=O) groups is 1. The number of nitrogens with zero attached hydrogens (tertiary/aromatic N) is 2. The minimum absolute atomic E-state index is 0.0738. The highest BCUT2D eigenvalue weighted by atomic mass is 32.2. The Labute approximate surface area is 150 Å². The van der Waals surface area contributed by atoms with E-state index in [0.717, 1.165) is 30.9 Å². The van der Waals surface area contributed by atoms with Gasteiger partial charge in [-0.25, -0.2) is 8.42 Å². The Morgan fingerprint density at radius 3 is 2.40 bits per heavy atom. The molecule has 0 radical (unpaired) electrons. The summed E-state index contributed by atoms with van der Waals surface area (Å²) in [5, 5.41) is 6.11. The van der Waals surface area contributed by atoms with Crippen LogP contribution in [0.15, 0.2) is 4.99 Å². The molecule has 3 rings (SSSR count). The minimum atomic E-state index is -2.96. The van der Waals surface area contributed by atoms with Crippen LogP contribution in [0.2, 0.25) is 0 Å². The van der Waals surface area contributed by atoms with E-state index in [0.29, 0.717) is 19.4 Å². The van der Waals surface area contributed by atoms with Crippen LogP contribution in [0.4, 0.5) is 0 Å². The predicted molar refractivity (Wildman–Crippen MR) is 98.2 cm³/mol. The van der Waals surface area contributed by atoms with Gasteiger partial charge in [0.15, 0.2) is 15.8 Å². The van der Waals surface area contributed by atoms with E-state index in [4.69, 9.17) is 0 Å². The number of hydrogen-bond acceptors (Lipinski definition) is 4. The minimum Gasteiger partial charge on any atom is -0.356 e. The Morgan fingerprint density at radius 1 is 1.16 bits per heavy atom. The largest absolute Gasteiger partial charge is 0.356 e. The number of likely N-dealkylation sites (tertiary alicyclic amines) is 1. The number of guanidine groups is 1. The predicted octanol–water partition coefficient (Wildman–Crippen LogP) is 0.377. The molecule has 1 saturated carbocycles. The summed E-state index contributed by atoms with van der Waals surface area (Å²) in [6.45, 7) is 2.65. The van der Waals surface area contributed by atoms with E-state index in [1.807, 2.05) is 0 Å². The summed E-state index contributed by atoms with van der Waals surface area (Å²) in [6.07, 6.45) is 6.20. The first-order valence-electron chi connectivity index (χ1n) is 9.42. The first kappa shape index (κ1) is 18.5. The Bertz CT molecular complexity index is 605. The molecule has 142 valence electrons. The lowest BCUT2D eigenvalue weighted by molar-refractivity contribution is -0.121. The van der Waals surface area contributed by atoms with E-state index in [1.165, 1.54) is 25.7 Å². The number of fused-ring (bicyclic) bond motifs is 1. The molecule has 3 aliphatic rings. The van der Waals surface area contributed by atoms with Gasteiger partial charge >= 0.3 is 0 Å². The molecular formula is C17H30N4O3S. The molecule has 2 N–H and O–H groups in total. The maximum Gasteiger partial charge on any atom is 0.222 e. The topological polar surface area (TPSA) is 90.9 Å². The van der Waals surface area contributed by atoms with Crippen LogP contribution in [0.5, 0.6) is 0 Å². The van der Waals surface area contributed by atoms with Gasteiger partial charge in [-0.2, -0.15) is 0 Å². The fourth-order valence-electron chi connectivity index (χ4n) is 4.41. The van der Waals surface area contributed by atoms with Gasteiger partial charge in [-0.05, 0) is 31.1 Å². The third-order valence-electron chi connectivity index (χ3n) is 5.72. The van der Waals surface area contributed by atoms with Gasteiger partial charge in [-0.3, -0.25) is 9.79 Å². The normalized spacial score (nSPS) is 31.6. The van der Waals surface area contributed by atoms with Crippen LogP contribution >= 0.6 is 0 Å². The van der Waals surface area contributed by atoms with Crippen LogP contribution in [0.1, 0.15) is 38.5 Å². The number of aliphatic imine (C=N–C) groups is 1. The van der Waals surface area contributed by atoms with Crippen LogP contribution in [-0.2, 0) is 14.6 Å². The fourth-order valence-corrected chi connectivity index (χ4v) is 6.08. The standard InChI is InChI=1S/C17H30N4O3S/c1-18-17(21-10-13-4-2-3-5-14(13)11-21)19-8-6-16(22)20-15-7-9-25(23,24)12-15/h13-15H,2-12H2,1H3,(H,18,19)(H,20,22). The number of carbonyl (C=O) groups excluding carboxylic acids is 1. The van der Waals surface area contributed by atoms with Crippen molar-refractivity contribution in [3.8, 4) is 0 Å². The Kier molecular flexibility index (Phi) is 5.86. The summed E-state index contributed by atoms with van der Waals surface area (Å²) < 4.78 is 22.9. The zero-order chi connectivity index (χ0) is 17.9. The Balaban J connectivity index is 1.39. The van der Waals surface area contributed by atoms with Crippen LogP contribution in [0.3, 0.4) is 0 Å². The lowest BCUT2D eigenvalue weighted by Crippen LogP contribution is -2.42. The van der Waals surface area contributed by atoms with E-state index >= 15 is 0 Å². The number of rotatable bonds is 4. The average molecular weight is 371 g/mol. The summed E-state index contributed by atoms with van der Waals surface area (Å²) >= 11 is 0. The molecule has 2 heterocycles. The van der Waals surface area contributed by atoms with Crippen molar-refractivity contribution in [3.63, 3.8) is 0 Å². The fraction of sp³-hybridized carbons (Fsp3) is 0.882. The summed E-state index contributed by atoms with van der Waals surface area (Å²) in [7, 11) is -1.17. The average Bonchev–Trinajstić information content (AvgIpc) is 3.14. The highest BCUT2D eigenvalue weighted by Crippen LogP contribution is 2.35. The second kappa shape index (κ2) is 7.93. The Morgan fingerprint density at radius 2 is 1.84 bits per heavy atom. The molecule has 1 amide bonds. The summed E-state index contributed by atoms with van der Waals surface area (Å²) in [5.74, 6) is 2.62. The molecule has 25 heavy (non-hydrogen) atoms. The maximum atomic E-state index is 12.0. The van der Waals surface area contributed by atoms with Gasteiger partial charge in [0.05, 0.1) is 11.5 Å². The van der Waals surface area contributed by atoms with Gasteiger partial charge in [0, 0.05) is 39.1 Å². The van der Waals surface area contributed by atoms with Crippen LogP contribution < -0.4 is 10.6 Å². The van der Waals surface area contributed by atoms with E-state index in [2.05, 4.69) is 20.5 Å². The second-order valence-electron chi connectivity index (χ2n) is 7.60. The van der Waals surface area contributed by atoms with Gasteiger partial charge in [0.2, 0.25) is 5.91 Å². The molecule has 8 heteroatoms. The van der Waals surface area contributed by atoms with Gasteiger partial charge < -0.3 is 15.5 Å². The molecule has 0 bridgehead atoms. The molecule has 3 atom stereocenters. The SMILES string of the molecule is CN=C(NCCC(=O)NC1CCS(=O)(=O)C1)N1CC2CCCCC2C1. The number of sulfone groups is 1. The summed E-state index contributed by atoms with van der Waals surface area (Å²) in [4.78, 5) is 18.7. The zero-order valence-corrected chi connectivity index (χ0v) is 15.9. The molecule has 2 saturated heterocycles. The molecule has 3 unspecified atom stereocenters. The van der Waals surface area contributed by atoms with Crippen molar-refractivity contribution < 1.29 is 13.2 Å². The number of nitrogens with one attached hydrogen (secondary N) is 2. The van der Waals surface area contributed by atoms with Crippen molar-refractivity contribution in [2.24, 2.45) is 16.8 Å². The third kappa shape index (κ3) is 4.86. The molecule has 1 aliphatic carbocycles.